The third-order valence-corrected chi connectivity index (χ3v) is 4.56. The molecule has 118 valence electrons. The number of nitrogens with one attached hydrogen (secondary N) is 1. The summed E-state index contributed by atoms with van der Waals surface area (Å²) in [5.74, 6) is 0.987. The SMILES string of the molecule is Cc1ccccc1Cc1nnc2cc(N3CCNCC3)ccn12. The number of rotatable bonds is 3. The van der Waals surface area contributed by atoms with Crippen molar-refractivity contribution in [1.29, 1.82) is 0 Å². The fourth-order valence-corrected chi connectivity index (χ4v) is 3.15. The molecule has 1 aliphatic heterocycles. The van der Waals surface area contributed by atoms with E-state index in [4.69, 9.17) is 0 Å². The number of hydrogen-bond acceptors (Lipinski definition) is 4. The van der Waals surface area contributed by atoms with Gasteiger partial charge in [-0.2, -0.15) is 0 Å². The zero-order valence-corrected chi connectivity index (χ0v) is 13.4. The van der Waals surface area contributed by atoms with Crippen LogP contribution in [0.3, 0.4) is 0 Å². The van der Waals surface area contributed by atoms with Gasteiger partial charge in [0.25, 0.3) is 0 Å². The highest BCUT2D eigenvalue weighted by Crippen LogP contribution is 2.19. The molecule has 2 aromatic heterocycles. The number of anilines is 1. The van der Waals surface area contributed by atoms with Gasteiger partial charge in [-0.15, -0.1) is 10.2 Å². The van der Waals surface area contributed by atoms with E-state index in [0.717, 1.165) is 44.1 Å². The van der Waals surface area contributed by atoms with Gasteiger partial charge in [0.15, 0.2) is 5.65 Å². The van der Waals surface area contributed by atoms with Gasteiger partial charge in [0.05, 0.1) is 0 Å². The Kier molecular flexibility index (Phi) is 3.71. The molecular weight excluding hydrogens is 286 g/mol. The Labute approximate surface area is 136 Å². The number of piperazine rings is 1. The molecule has 1 N–H and O–H groups in total. The molecule has 4 rings (SSSR count). The van der Waals surface area contributed by atoms with Crippen molar-refractivity contribution in [3.05, 3.63) is 59.5 Å². The van der Waals surface area contributed by atoms with Crippen LogP contribution in [0.15, 0.2) is 42.6 Å². The summed E-state index contributed by atoms with van der Waals surface area (Å²) < 4.78 is 2.10. The molecule has 1 saturated heterocycles. The fraction of sp³-hybridized carbons (Fsp3) is 0.333. The van der Waals surface area contributed by atoms with Gasteiger partial charge in [-0.25, -0.2) is 0 Å². The predicted molar refractivity (Wildman–Crippen MR) is 92.1 cm³/mol. The van der Waals surface area contributed by atoms with Crippen LogP contribution in [0.2, 0.25) is 0 Å². The summed E-state index contributed by atoms with van der Waals surface area (Å²) in [6.07, 6.45) is 2.90. The van der Waals surface area contributed by atoms with Gasteiger partial charge >= 0.3 is 0 Å². The van der Waals surface area contributed by atoms with Gasteiger partial charge in [-0.1, -0.05) is 24.3 Å². The standard InChI is InChI=1S/C18H21N5/c1-14-4-2-3-5-15(14)12-17-20-21-18-13-16(6-9-23(17)18)22-10-7-19-8-11-22/h2-6,9,13,19H,7-8,10-12H2,1H3. The lowest BCUT2D eigenvalue weighted by Gasteiger charge is -2.29. The van der Waals surface area contributed by atoms with Crippen LogP contribution in [0, 0.1) is 6.92 Å². The van der Waals surface area contributed by atoms with Gasteiger partial charge in [0.1, 0.15) is 5.82 Å². The zero-order valence-electron chi connectivity index (χ0n) is 13.4. The molecule has 0 saturated carbocycles. The Morgan fingerprint density at radius 2 is 1.91 bits per heavy atom. The monoisotopic (exact) mass is 307 g/mol. The molecule has 0 atom stereocenters. The van der Waals surface area contributed by atoms with E-state index in [0.29, 0.717) is 0 Å². The summed E-state index contributed by atoms with van der Waals surface area (Å²) in [4.78, 5) is 2.40. The number of aromatic nitrogens is 3. The topological polar surface area (TPSA) is 45.5 Å². The van der Waals surface area contributed by atoms with Gasteiger partial charge in [0.2, 0.25) is 0 Å². The molecule has 3 heterocycles. The minimum atomic E-state index is 0.806. The van der Waals surface area contributed by atoms with E-state index in [9.17, 15) is 0 Å². The third kappa shape index (κ3) is 2.80. The molecule has 0 aliphatic carbocycles. The molecule has 1 aromatic carbocycles. The number of aryl methyl sites for hydroxylation is 1. The van der Waals surface area contributed by atoms with Crippen LogP contribution < -0.4 is 10.2 Å². The molecular formula is C18H21N5. The smallest absolute Gasteiger partial charge is 0.162 e. The molecule has 1 aliphatic rings. The second-order valence-electron chi connectivity index (χ2n) is 6.07. The van der Waals surface area contributed by atoms with E-state index < -0.39 is 0 Å². The van der Waals surface area contributed by atoms with Crippen molar-refractivity contribution in [3.8, 4) is 0 Å². The molecule has 5 nitrogen and oxygen atoms in total. The number of benzene rings is 1. The molecule has 0 radical (unpaired) electrons. The Hall–Kier alpha value is -2.40. The van der Waals surface area contributed by atoms with Gasteiger partial charge in [-0.3, -0.25) is 4.40 Å². The van der Waals surface area contributed by atoms with Crippen molar-refractivity contribution in [1.82, 2.24) is 19.9 Å². The molecule has 23 heavy (non-hydrogen) atoms. The maximum absolute atomic E-state index is 4.40. The first-order valence-electron chi connectivity index (χ1n) is 8.15. The van der Waals surface area contributed by atoms with E-state index in [-0.39, 0.29) is 0 Å². The summed E-state index contributed by atoms with van der Waals surface area (Å²) in [6.45, 7) is 6.30. The number of pyridine rings is 1. The van der Waals surface area contributed by atoms with E-state index in [2.05, 4.69) is 74.3 Å². The quantitative estimate of drug-likeness (QED) is 0.804. The molecule has 0 amide bonds. The lowest BCUT2D eigenvalue weighted by molar-refractivity contribution is 0.589. The lowest BCUT2D eigenvalue weighted by atomic mass is 10.1. The first-order valence-corrected chi connectivity index (χ1v) is 8.15. The van der Waals surface area contributed by atoms with Crippen LogP contribution in [0.1, 0.15) is 17.0 Å². The maximum atomic E-state index is 4.40. The Morgan fingerprint density at radius 3 is 2.74 bits per heavy atom. The molecule has 0 bridgehead atoms. The summed E-state index contributed by atoms with van der Waals surface area (Å²) >= 11 is 0. The molecule has 1 fully saturated rings. The van der Waals surface area contributed by atoms with Crippen LogP contribution in [-0.2, 0) is 6.42 Å². The van der Waals surface area contributed by atoms with Crippen LogP contribution in [0.25, 0.3) is 5.65 Å². The highest BCUT2D eigenvalue weighted by Gasteiger charge is 2.13. The summed E-state index contributed by atoms with van der Waals surface area (Å²) in [5.41, 5.74) is 4.74. The van der Waals surface area contributed by atoms with Crippen molar-refractivity contribution in [3.63, 3.8) is 0 Å². The van der Waals surface area contributed by atoms with E-state index in [1.165, 1.54) is 16.8 Å². The van der Waals surface area contributed by atoms with Gasteiger partial charge in [0, 0.05) is 50.6 Å². The lowest BCUT2D eigenvalue weighted by Crippen LogP contribution is -2.43. The van der Waals surface area contributed by atoms with Crippen LogP contribution in [0.5, 0.6) is 0 Å². The van der Waals surface area contributed by atoms with Gasteiger partial charge in [-0.05, 0) is 24.1 Å². The average molecular weight is 307 g/mol. The molecule has 0 unspecified atom stereocenters. The first kappa shape index (κ1) is 14.2. The van der Waals surface area contributed by atoms with Crippen LogP contribution >= 0.6 is 0 Å². The van der Waals surface area contributed by atoms with Crippen LogP contribution in [-0.4, -0.2) is 40.8 Å². The largest absolute Gasteiger partial charge is 0.369 e. The molecule has 5 heteroatoms. The van der Waals surface area contributed by atoms with Crippen molar-refractivity contribution in [2.45, 2.75) is 13.3 Å². The predicted octanol–water partition coefficient (Wildman–Crippen LogP) is 2.04. The van der Waals surface area contributed by atoms with E-state index in [1.54, 1.807) is 0 Å². The van der Waals surface area contributed by atoms with Crippen molar-refractivity contribution >= 4 is 11.3 Å². The summed E-state index contributed by atoms with van der Waals surface area (Å²) in [5, 5.41) is 12.2. The zero-order chi connectivity index (χ0) is 15.6. The maximum Gasteiger partial charge on any atom is 0.162 e. The molecule has 0 spiro atoms. The normalized spacial score (nSPS) is 15.3. The molecule has 3 aromatic rings. The number of nitrogens with zero attached hydrogens (tertiary/aromatic N) is 4. The highest BCUT2D eigenvalue weighted by atomic mass is 15.3. The minimum absolute atomic E-state index is 0.806. The Morgan fingerprint density at radius 1 is 1.09 bits per heavy atom. The first-order chi connectivity index (χ1) is 11.3. The summed E-state index contributed by atoms with van der Waals surface area (Å²) in [7, 11) is 0. The van der Waals surface area contributed by atoms with Crippen molar-refractivity contribution < 1.29 is 0 Å². The van der Waals surface area contributed by atoms with E-state index in [1.807, 2.05) is 0 Å². The minimum Gasteiger partial charge on any atom is -0.369 e. The average Bonchev–Trinajstić information content (AvgIpc) is 3.00. The van der Waals surface area contributed by atoms with Crippen LogP contribution in [0.4, 0.5) is 5.69 Å². The summed E-state index contributed by atoms with van der Waals surface area (Å²) in [6, 6.07) is 12.8. The Bertz CT molecular complexity index is 817. The number of fused-ring (bicyclic) bond motifs is 1. The number of hydrogen-bond donors (Lipinski definition) is 1. The second kappa shape index (κ2) is 6.01. The Balaban J connectivity index is 1.64. The van der Waals surface area contributed by atoms with E-state index >= 15 is 0 Å². The fourth-order valence-electron chi connectivity index (χ4n) is 3.15. The third-order valence-electron chi connectivity index (χ3n) is 4.56. The second-order valence-corrected chi connectivity index (χ2v) is 6.07. The van der Waals surface area contributed by atoms with Gasteiger partial charge < -0.3 is 10.2 Å². The van der Waals surface area contributed by atoms with Crippen molar-refractivity contribution in [2.24, 2.45) is 0 Å². The highest BCUT2D eigenvalue weighted by molar-refractivity contribution is 5.56. The van der Waals surface area contributed by atoms with Crippen molar-refractivity contribution in [2.75, 3.05) is 31.1 Å².